The van der Waals surface area contributed by atoms with Crippen LogP contribution in [0.4, 0.5) is 5.82 Å². The van der Waals surface area contributed by atoms with Gasteiger partial charge in [-0.15, -0.1) is 11.8 Å². The summed E-state index contributed by atoms with van der Waals surface area (Å²) in [5.74, 6) is 0.862. The molecule has 1 aromatic rings. The summed E-state index contributed by atoms with van der Waals surface area (Å²) in [6, 6.07) is 1.62. The summed E-state index contributed by atoms with van der Waals surface area (Å²) in [6.45, 7) is 3.65. The third-order valence-corrected chi connectivity index (χ3v) is 3.90. The fraction of sp³-hybridized carbons (Fsp3) is 0.615. The molecule has 1 N–H and O–H groups in total. The molecule has 1 fully saturated rings. The Morgan fingerprint density at radius 3 is 2.79 bits per heavy atom. The molecule has 19 heavy (non-hydrogen) atoms. The molecule has 0 saturated carbocycles. The van der Waals surface area contributed by atoms with Gasteiger partial charge < -0.3 is 10.2 Å². The van der Waals surface area contributed by atoms with Crippen molar-refractivity contribution in [2.24, 2.45) is 0 Å². The zero-order valence-corrected chi connectivity index (χ0v) is 12.2. The highest BCUT2D eigenvalue weighted by Gasteiger charge is 2.22. The highest BCUT2D eigenvalue weighted by Crippen LogP contribution is 2.15. The molecule has 0 spiro atoms. The molecular weight excluding hydrogens is 260 g/mol. The number of nitrogens with one attached hydrogen (secondary N) is 1. The van der Waals surface area contributed by atoms with Crippen molar-refractivity contribution in [3.05, 3.63) is 12.4 Å². The van der Waals surface area contributed by atoms with Gasteiger partial charge in [0.2, 0.25) is 5.91 Å². The average Bonchev–Trinajstić information content (AvgIpc) is 2.47. The first-order valence-corrected chi connectivity index (χ1v) is 7.84. The van der Waals surface area contributed by atoms with Crippen LogP contribution in [-0.4, -0.2) is 46.2 Å². The lowest BCUT2D eigenvalue weighted by Gasteiger charge is -2.29. The Kier molecular flexibility index (Phi) is 5.01. The van der Waals surface area contributed by atoms with Crippen LogP contribution in [0.5, 0.6) is 0 Å². The summed E-state index contributed by atoms with van der Waals surface area (Å²) in [4.78, 5) is 22.5. The van der Waals surface area contributed by atoms with Gasteiger partial charge >= 0.3 is 0 Å². The lowest BCUT2D eigenvalue weighted by molar-refractivity contribution is -0.132. The van der Waals surface area contributed by atoms with Gasteiger partial charge in [-0.3, -0.25) is 4.79 Å². The lowest BCUT2D eigenvalue weighted by Crippen LogP contribution is -2.44. The molecule has 1 amide bonds. The van der Waals surface area contributed by atoms with Crippen LogP contribution in [0.3, 0.4) is 0 Å². The second kappa shape index (κ2) is 6.75. The number of likely N-dealkylation sites (tertiary alicyclic amines) is 1. The number of hydrogen-bond acceptors (Lipinski definition) is 5. The van der Waals surface area contributed by atoms with E-state index in [0.29, 0.717) is 5.82 Å². The standard InChI is InChI=1S/C13H20N4OS/c1-10(13(18)17-6-4-3-5-7-17)16-11-8-12(19-2)15-9-14-11/h8-10H,3-7H2,1-2H3,(H,14,15,16). The molecule has 1 atom stereocenters. The van der Waals surface area contributed by atoms with Crippen molar-refractivity contribution >= 4 is 23.5 Å². The summed E-state index contributed by atoms with van der Waals surface area (Å²) in [7, 11) is 0. The number of aromatic nitrogens is 2. The predicted molar refractivity (Wildman–Crippen MR) is 77.3 cm³/mol. The van der Waals surface area contributed by atoms with Gasteiger partial charge in [-0.1, -0.05) is 0 Å². The van der Waals surface area contributed by atoms with Crippen LogP contribution in [0.2, 0.25) is 0 Å². The number of hydrogen-bond donors (Lipinski definition) is 1. The van der Waals surface area contributed by atoms with Gasteiger partial charge in [0.1, 0.15) is 23.2 Å². The van der Waals surface area contributed by atoms with E-state index in [-0.39, 0.29) is 11.9 Å². The van der Waals surface area contributed by atoms with E-state index in [1.54, 1.807) is 11.8 Å². The molecule has 1 aliphatic heterocycles. The topological polar surface area (TPSA) is 58.1 Å². The van der Waals surface area contributed by atoms with Gasteiger partial charge in [-0.2, -0.15) is 0 Å². The van der Waals surface area contributed by atoms with Gasteiger partial charge in [-0.05, 0) is 32.4 Å². The number of carbonyl (C=O) groups is 1. The van der Waals surface area contributed by atoms with Crippen LogP contribution < -0.4 is 5.32 Å². The van der Waals surface area contributed by atoms with Gasteiger partial charge in [-0.25, -0.2) is 9.97 Å². The Bertz CT molecular complexity index is 434. The van der Waals surface area contributed by atoms with Crippen molar-refractivity contribution in [1.82, 2.24) is 14.9 Å². The molecule has 6 heteroatoms. The van der Waals surface area contributed by atoms with Gasteiger partial charge in [0, 0.05) is 19.2 Å². The van der Waals surface area contributed by atoms with E-state index in [4.69, 9.17) is 0 Å². The normalized spacial score (nSPS) is 17.1. The number of carbonyl (C=O) groups excluding carboxylic acids is 1. The Hall–Kier alpha value is -1.30. The number of thioether (sulfide) groups is 1. The molecule has 0 aromatic carbocycles. The molecule has 0 bridgehead atoms. The van der Waals surface area contributed by atoms with Crippen molar-refractivity contribution in [2.75, 3.05) is 24.7 Å². The van der Waals surface area contributed by atoms with Crippen molar-refractivity contribution in [1.29, 1.82) is 0 Å². The first-order valence-electron chi connectivity index (χ1n) is 6.62. The van der Waals surface area contributed by atoms with Crippen LogP contribution in [0.15, 0.2) is 17.4 Å². The molecule has 0 radical (unpaired) electrons. The second-order valence-corrected chi connectivity index (χ2v) is 5.52. The number of amides is 1. The molecular formula is C13H20N4OS. The van der Waals surface area contributed by atoms with Crippen molar-refractivity contribution in [3.63, 3.8) is 0 Å². The monoisotopic (exact) mass is 280 g/mol. The number of rotatable bonds is 4. The number of anilines is 1. The van der Waals surface area contributed by atoms with Gasteiger partial charge in [0.15, 0.2) is 0 Å². The van der Waals surface area contributed by atoms with E-state index in [9.17, 15) is 4.79 Å². The molecule has 5 nitrogen and oxygen atoms in total. The molecule has 104 valence electrons. The quantitative estimate of drug-likeness (QED) is 0.675. The van der Waals surface area contributed by atoms with E-state index >= 15 is 0 Å². The SMILES string of the molecule is CSc1cc(NC(C)C(=O)N2CCCCC2)ncn1. The van der Waals surface area contributed by atoms with Gasteiger partial charge in [0.25, 0.3) is 0 Å². The zero-order valence-electron chi connectivity index (χ0n) is 11.4. The van der Waals surface area contributed by atoms with Crippen LogP contribution in [-0.2, 0) is 4.79 Å². The summed E-state index contributed by atoms with van der Waals surface area (Å²) in [5.41, 5.74) is 0. The minimum absolute atomic E-state index is 0.156. The summed E-state index contributed by atoms with van der Waals surface area (Å²) in [6.07, 6.45) is 6.94. The third kappa shape index (κ3) is 3.83. The second-order valence-electron chi connectivity index (χ2n) is 4.70. The largest absolute Gasteiger partial charge is 0.358 e. The maximum atomic E-state index is 12.3. The molecule has 2 rings (SSSR count). The third-order valence-electron chi connectivity index (χ3n) is 3.25. The minimum Gasteiger partial charge on any atom is -0.358 e. The molecule has 0 aliphatic carbocycles. The van der Waals surface area contributed by atoms with E-state index in [1.807, 2.05) is 24.1 Å². The highest BCUT2D eigenvalue weighted by atomic mass is 32.2. The van der Waals surface area contributed by atoms with Crippen LogP contribution in [0.1, 0.15) is 26.2 Å². The number of nitrogens with zero attached hydrogens (tertiary/aromatic N) is 3. The smallest absolute Gasteiger partial charge is 0.244 e. The molecule has 1 aromatic heterocycles. The van der Waals surface area contributed by atoms with E-state index in [2.05, 4.69) is 15.3 Å². The first-order chi connectivity index (χ1) is 9.20. The fourth-order valence-electron chi connectivity index (χ4n) is 2.20. The Balaban J connectivity index is 1.95. The molecule has 2 heterocycles. The number of piperidine rings is 1. The summed E-state index contributed by atoms with van der Waals surface area (Å²) >= 11 is 1.56. The van der Waals surface area contributed by atoms with E-state index in [0.717, 1.165) is 31.0 Å². The predicted octanol–water partition coefficient (Wildman–Crippen LogP) is 2.01. The van der Waals surface area contributed by atoms with Gasteiger partial charge in [0.05, 0.1) is 0 Å². The van der Waals surface area contributed by atoms with Crippen molar-refractivity contribution in [2.45, 2.75) is 37.3 Å². The maximum Gasteiger partial charge on any atom is 0.244 e. The molecule has 1 saturated heterocycles. The minimum atomic E-state index is -0.247. The fourth-order valence-corrected chi connectivity index (χ4v) is 2.58. The highest BCUT2D eigenvalue weighted by molar-refractivity contribution is 7.98. The van der Waals surface area contributed by atoms with E-state index < -0.39 is 0 Å². The van der Waals surface area contributed by atoms with Crippen molar-refractivity contribution < 1.29 is 4.79 Å². The first kappa shape index (κ1) is 14.1. The van der Waals surface area contributed by atoms with Crippen LogP contribution in [0, 0.1) is 0 Å². The maximum absolute atomic E-state index is 12.3. The Labute approximate surface area is 118 Å². The van der Waals surface area contributed by atoms with E-state index in [1.165, 1.54) is 12.7 Å². The summed E-state index contributed by atoms with van der Waals surface area (Å²) < 4.78 is 0. The average molecular weight is 280 g/mol. The lowest BCUT2D eigenvalue weighted by atomic mass is 10.1. The Morgan fingerprint density at radius 2 is 2.11 bits per heavy atom. The molecule has 1 unspecified atom stereocenters. The van der Waals surface area contributed by atoms with Crippen LogP contribution in [0.25, 0.3) is 0 Å². The van der Waals surface area contributed by atoms with Crippen molar-refractivity contribution in [3.8, 4) is 0 Å². The van der Waals surface area contributed by atoms with Crippen LogP contribution >= 0.6 is 11.8 Å². The molecule has 1 aliphatic rings. The Morgan fingerprint density at radius 1 is 1.37 bits per heavy atom. The summed E-state index contributed by atoms with van der Waals surface area (Å²) in [5, 5.41) is 4.06. The zero-order chi connectivity index (χ0) is 13.7.